The smallest absolute Gasteiger partial charge is 0.335 e. The number of carboxylic acid groups (broad SMARTS) is 1. The number of carboxylic acids is 1. The number of rotatable bonds is 3. The summed E-state index contributed by atoms with van der Waals surface area (Å²) in [6, 6.07) is 4.34. The highest BCUT2D eigenvalue weighted by Crippen LogP contribution is 2.32. The van der Waals surface area contributed by atoms with E-state index in [1.54, 1.807) is 0 Å². The van der Waals surface area contributed by atoms with E-state index >= 15 is 0 Å². The van der Waals surface area contributed by atoms with Crippen molar-refractivity contribution in [2.75, 3.05) is 24.7 Å². The standard InChI is InChI=1S/C12H13NO5/c14-5-4-13-9-7-8(12(16)17)1-2-10(9)18-6-3-11(13)15/h1-2,7,14H,3-6H2,(H,16,17). The lowest BCUT2D eigenvalue weighted by Gasteiger charge is -2.21. The minimum Gasteiger partial charge on any atom is -0.491 e. The molecule has 0 atom stereocenters. The molecular formula is C12H13NO5. The third-order valence-electron chi connectivity index (χ3n) is 2.69. The van der Waals surface area contributed by atoms with E-state index in [9.17, 15) is 9.59 Å². The third kappa shape index (κ3) is 2.28. The van der Waals surface area contributed by atoms with Gasteiger partial charge in [0.05, 0.1) is 30.9 Å². The van der Waals surface area contributed by atoms with Crippen molar-refractivity contribution in [1.82, 2.24) is 0 Å². The second kappa shape index (κ2) is 5.05. The highest BCUT2D eigenvalue weighted by Gasteiger charge is 2.23. The quantitative estimate of drug-likeness (QED) is 0.816. The molecule has 2 rings (SSSR count). The van der Waals surface area contributed by atoms with E-state index in [1.165, 1.54) is 23.1 Å². The highest BCUT2D eigenvalue weighted by molar-refractivity contribution is 5.98. The van der Waals surface area contributed by atoms with Gasteiger partial charge in [0.25, 0.3) is 0 Å². The topological polar surface area (TPSA) is 87.1 Å². The van der Waals surface area contributed by atoms with E-state index in [0.717, 1.165) is 0 Å². The Kier molecular flexibility index (Phi) is 3.47. The number of aromatic carboxylic acids is 1. The lowest BCUT2D eigenvalue weighted by Crippen LogP contribution is -2.33. The molecule has 1 aromatic rings. The zero-order valence-corrected chi connectivity index (χ0v) is 9.63. The van der Waals surface area contributed by atoms with Gasteiger partial charge in [0.15, 0.2) is 0 Å². The molecule has 96 valence electrons. The molecule has 1 heterocycles. The number of carbonyl (C=O) groups excluding carboxylic acids is 1. The zero-order chi connectivity index (χ0) is 13.1. The molecule has 0 saturated carbocycles. The molecule has 1 amide bonds. The Balaban J connectivity index is 2.47. The molecule has 0 bridgehead atoms. The molecule has 1 aliphatic heterocycles. The number of aliphatic hydroxyl groups is 1. The predicted molar refractivity (Wildman–Crippen MR) is 63.0 cm³/mol. The van der Waals surface area contributed by atoms with E-state index in [0.29, 0.717) is 11.4 Å². The van der Waals surface area contributed by atoms with Crippen LogP contribution in [0, 0.1) is 0 Å². The number of anilines is 1. The van der Waals surface area contributed by atoms with E-state index in [-0.39, 0.29) is 37.6 Å². The van der Waals surface area contributed by atoms with Crippen LogP contribution < -0.4 is 9.64 Å². The summed E-state index contributed by atoms with van der Waals surface area (Å²) in [5, 5.41) is 17.9. The lowest BCUT2D eigenvalue weighted by molar-refractivity contribution is -0.118. The van der Waals surface area contributed by atoms with E-state index in [2.05, 4.69) is 0 Å². The molecule has 0 radical (unpaired) electrons. The number of amides is 1. The van der Waals surface area contributed by atoms with Gasteiger partial charge in [-0.1, -0.05) is 0 Å². The van der Waals surface area contributed by atoms with Gasteiger partial charge in [-0.05, 0) is 18.2 Å². The van der Waals surface area contributed by atoms with Gasteiger partial charge in [-0.3, -0.25) is 4.79 Å². The van der Waals surface area contributed by atoms with Crippen molar-refractivity contribution in [1.29, 1.82) is 0 Å². The number of carbonyl (C=O) groups is 2. The predicted octanol–water partition coefficient (Wildman–Crippen LogP) is 0.493. The number of ether oxygens (including phenoxy) is 1. The van der Waals surface area contributed by atoms with E-state index in [4.69, 9.17) is 14.9 Å². The van der Waals surface area contributed by atoms with Crippen LogP contribution in [-0.2, 0) is 4.79 Å². The Hall–Kier alpha value is -2.08. The first kappa shape index (κ1) is 12.4. The molecule has 0 aromatic heterocycles. The number of nitrogens with zero attached hydrogens (tertiary/aromatic N) is 1. The summed E-state index contributed by atoms with van der Waals surface area (Å²) >= 11 is 0. The van der Waals surface area contributed by atoms with Crippen molar-refractivity contribution in [3.8, 4) is 5.75 Å². The molecule has 18 heavy (non-hydrogen) atoms. The fraction of sp³-hybridized carbons (Fsp3) is 0.333. The molecule has 6 nitrogen and oxygen atoms in total. The SMILES string of the molecule is O=C(O)c1ccc2c(c1)N(CCO)C(=O)CCO2. The van der Waals surface area contributed by atoms with Gasteiger partial charge in [0, 0.05) is 6.54 Å². The van der Waals surface area contributed by atoms with Crippen molar-refractivity contribution < 1.29 is 24.5 Å². The van der Waals surface area contributed by atoms with Crippen LogP contribution in [0.2, 0.25) is 0 Å². The van der Waals surface area contributed by atoms with Crippen LogP contribution >= 0.6 is 0 Å². The Morgan fingerprint density at radius 2 is 2.22 bits per heavy atom. The molecule has 0 unspecified atom stereocenters. The molecule has 6 heteroatoms. The van der Waals surface area contributed by atoms with Gasteiger partial charge < -0.3 is 19.8 Å². The summed E-state index contributed by atoms with van der Waals surface area (Å²) in [5.41, 5.74) is 0.474. The van der Waals surface area contributed by atoms with Crippen molar-refractivity contribution in [3.63, 3.8) is 0 Å². The maximum Gasteiger partial charge on any atom is 0.335 e. The average molecular weight is 251 g/mol. The molecule has 0 aliphatic carbocycles. The molecule has 2 N–H and O–H groups in total. The van der Waals surface area contributed by atoms with Crippen LogP contribution in [0.5, 0.6) is 5.75 Å². The van der Waals surface area contributed by atoms with Crippen LogP contribution in [0.1, 0.15) is 16.8 Å². The van der Waals surface area contributed by atoms with Crippen LogP contribution in [0.4, 0.5) is 5.69 Å². The third-order valence-corrected chi connectivity index (χ3v) is 2.69. The Bertz CT molecular complexity index is 485. The molecule has 1 aromatic carbocycles. The Morgan fingerprint density at radius 1 is 1.44 bits per heavy atom. The number of fused-ring (bicyclic) bond motifs is 1. The molecule has 0 spiro atoms. The van der Waals surface area contributed by atoms with Crippen LogP contribution in [0.25, 0.3) is 0 Å². The minimum atomic E-state index is -1.07. The van der Waals surface area contributed by atoms with Crippen LogP contribution in [-0.4, -0.2) is 41.8 Å². The average Bonchev–Trinajstić information content (AvgIpc) is 2.50. The Labute approximate surface area is 103 Å². The second-order valence-electron chi connectivity index (χ2n) is 3.86. The fourth-order valence-corrected chi connectivity index (χ4v) is 1.85. The number of β-amino-alcohol motifs (C(OH)–C–C–N with tert-alkyl or cyclic N) is 1. The van der Waals surface area contributed by atoms with Crippen LogP contribution in [0.15, 0.2) is 18.2 Å². The van der Waals surface area contributed by atoms with Crippen molar-refractivity contribution in [2.24, 2.45) is 0 Å². The molecule has 0 fully saturated rings. The minimum absolute atomic E-state index is 0.0787. The van der Waals surface area contributed by atoms with E-state index < -0.39 is 5.97 Å². The van der Waals surface area contributed by atoms with Gasteiger partial charge >= 0.3 is 5.97 Å². The number of hydrogen-bond acceptors (Lipinski definition) is 4. The van der Waals surface area contributed by atoms with Gasteiger partial charge in [-0.25, -0.2) is 4.79 Å². The first-order valence-electron chi connectivity index (χ1n) is 5.55. The number of aliphatic hydroxyl groups excluding tert-OH is 1. The maximum atomic E-state index is 11.8. The summed E-state index contributed by atoms with van der Waals surface area (Å²) < 4.78 is 5.39. The van der Waals surface area contributed by atoms with Crippen LogP contribution in [0.3, 0.4) is 0 Å². The fourth-order valence-electron chi connectivity index (χ4n) is 1.85. The zero-order valence-electron chi connectivity index (χ0n) is 9.63. The first-order valence-corrected chi connectivity index (χ1v) is 5.55. The summed E-state index contributed by atoms with van der Waals surface area (Å²) in [6.07, 6.45) is 0.205. The van der Waals surface area contributed by atoms with Crippen molar-refractivity contribution >= 4 is 17.6 Å². The Morgan fingerprint density at radius 3 is 2.89 bits per heavy atom. The van der Waals surface area contributed by atoms with Crippen molar-refractivity contribution in [3.05, 3.63) is 23.8 Å². The molecule has 1 aliphatic rings. The number of hydrogen-bond donors (Lipinski definition) is 2. The van der Waals surface area contributed by atoms with Gasteiger partial charge in [0.1, 0.15) is 5.75 Å². The van der Waals surface area contributed by atoms with E-state index in [1.807, 2.05) is 0 Å². The lowest BCUT2D eigenvalue weighted by atomic mass is 10.1. The summed E-state index contributed by atoms with van der Waals surface area (Å²) in [7, 11) is 0. The summed E-state index contributed by atoms with van der Waals surface area (Å²) in [6.45, 7) is 0.181. The van der Waals surface area contributed by atoms with Crippen molar-refractivity contribution in [2.45, 2.75) is 6.42 Å². The normalized spacial score (nSPS) is 14.7. The van der Waals surface area contributed by atoms with Gasteiger partial charge in [-0.15, -0.1) is 0 Å². The summed E-state index contributed by atoms with van der Waals surface area (Å²) in [4.78, 5) is 24.1. The molecule has 0 saturated heterocycles. The maximum absolute atomic E-state index is 11.8. The second-order valence-corrected chi connectivity index (χ2v) is 3.86. The largest absolute Gasteiger partial charge is 0.491 e. The highest BCUT2D eigenvalue weighted by atomic mass is 16.5. The van der Waals surface area contributed by atoms with Gasteiger partial charge in [-0.2, -0.15) is 0 Å². The number of benzene rings is 1. The summed E-state index contributed by atoms with van der Waals surface area (Å²) in [5.74, 6) is -0.803. The van der Waals surface area contributed by atoms with Gasteiger partial charge in [0.2, 0.25) is 5.91 Å². The first-order chi connectivity index (χ1) is 8.63. The monoisotopic (exact) mass is 251 g/mol. The molecular weight excluding hydrogens is 238 g/mol.